The van der Waals surface area contributed by atoms with Gasteiger partial charge < -0.3 is 10.2 Å². The Labute approximate surface area is 62.6 Å². The van der Waals surface area contributed by atoms with Crippen LogP contribution in [-0.4, -0.2) is 38.1 Å². The van der Waals surface area contributed by atoms with Gasteiger partial charge in [0.1, 0.15) is 0 Å². The quantitative estimate of drug-likeness (QED) is 0.515. The Morgan fingerprint density at radius 1 is 1.50 bits per heavy atom. The fraction of sp³-hybridized carbons (Fsp3) is 1.00. The van der Waals surface area contributed by atoms with Gasteiger partial charge in [0, 0.05) is 25.0 Å². The molecule has 0 amide bonds. The lowest BCUT2D eigenvalue weighted by molar-refractivity contribution is 0.00807. The van der Waals surface area contributed by atoms with E-state index in [-0.39, 0.29) is 0 Å². The molecule has 0 aliphatic carbocycles. The van der Waals surface area contributed by atoms with Crippen LogP contribution in [-0.2, 0) is 0 Å². The summed E-state index contributed by atoms with van der Waals surface area (Å²) in [6.07, 6.45) is 0. The van der Waals surface area contributed by atoms with E-state index in [4.69, 9.17) is 0 Å². The van der Waals surface area contributed by atoms with Crippen LogP contribution >= 0.6 is 0 Å². The van der Waals surface area contributed by atoms with Gasteiger partial charge in [0.2, 0.25) is 0 Å². The van der Waals surface area contributed by atoms with Crippen LogP contribution in [0.2, 0.25) is 0 Å². The fourth-order valence-corrected chi connectivity index (χ4v) is 2.38. The minimum absolute atomic E-state index is 0.661. The van der Waals surface area contributed by atoms with Crippen LogP contribution in [0.3, 0.4) is 0 Å². The van der Waals surface area contributed by atoms with Crippen molar-refractivity contribution in [1.82, 2.24) is 10.2 Å². The lowest BCUT2D eigenvalue weighted by Gasteiger charge is -2.48. The highest BCUT2D eigenvalue weighted by atomic mass is 15.2. The zero-order valence-corrected chi connectivity index (χ0v) is 6.85. The number of hydrogen-bond donors (Lipinski definition) is 1. The molecule has 1 spiro atoms. The van der Waals surface area contributed by atoms with Crippen molar-refractivity contribution in [2.24, 2.45) is 11.3 Å². The topological polar surface area (TPSA) is 15.3 Å². The van der Waals surface area contributed by atoms with Gasteiger partial charge in [-0.15, -0.1) is 0 Å². The summed E-state index contributed by atoms with van der Waals surface area (Å²) in [5.41, 5.74) is 0.661. The molecule has 0 radical (unpaired) electrons. The molecular weight excluding hydrogens is 124 g/mol. The van der Waals surface area contributed by atoms with Crippen molar-refractivity contribution in [3.63, 3.8) is 0 Å². The second kappa shape index (κ2) is 1.95. The molecule has 2 aliphatic heterocycles. The molecule has 58 valence electrons. The third kappa shape index (κ3) is 0.722. The summed E-state index contributed by atoms with van der Waals surface area (Å²) in [4.78, 5) is 2.41. The summed E-state index contributed by atoms with van der Waals surface area (Å²) in [5, 5.41) is 3.46. The maximum Gasteiger partial charge on any atom is 0.0120 e. The molecule has 2 fully saturated rings. The van der Waals surface area contributed by atoms with Crippen molar-refractivity contribution in [2.75, 3.05) is 33.2 Å². The molecular formula is C8H16N2. The molecule has 2 saturated heterocycles. The second-order valence-corrected chi connectivity index (χ2v) is 4.07. The van der Waals surface area contributed by atoms with Crippen LogP contribution < -0.4 is 5.32 Å². The Morgan fingerprint density at radius 3 is 2.60 bits per heavy atom. The normalized spacial score (nSPS) is 38.4. The highest BCUT2D eigenvalue weighted by Crippen LogP contribution is 2.39. The average Bonchev–Trinajstić information content (AvgIpc) is 2.12. The largest absolute Gasteiger partial charge is 0.316 e. The molecule has 0 bridgehead atoms. The van der Waals surface area contributed by atoms with E-state index in [1.165, 1.54) is 26.2 Å². The SMILES string of the molecule is CC1CNCC12CN(C)C2. The highest BCUT2D eigenvalue weighted by Gasteiger charge is 2.47. The molecule has 2 heteroatoms. The lowest BCUT2D eigenvalue weighted by atomic mass is 9.73. The molecule has 0 saturated carbocycles. The maximum absolute atomic E-state index is 3.46. The number of likely N-dealkylation sites (tertiary alicyclic amines) is 1. The molecule has 0 aromatic carbocycles. The van der Waals surface area contributed by atoms with Crippen LogP contribution in [0.4, 0.5) is 0 Å². The van der Waals surface area contributed by atoms with E-state index >= 15 is 0 Å². The van der Waals surface area contributed by atoms with Crippen molar-refractivity contribution < 1.29 is 0 Å². The van der Waals surface area contributed by atoms with Gasteiger partial charge in [-0.2, -0.15) is 0 Å². The molecule has 2 nitrogen and oxygen atoms in total. The van der Waals surface area contributed by atoms with Crippen LogP contribution in [0.25, 0.3) is 0 Å². The smallest absolute Gasteiger partial charge is 0.0120 e. The second-order valence-electron chi connectivity index (χ2n) is 4.07. The Balaban J connectivity index is 2.03. The van der Waals surface area contributed by atoms with E-state index in [2.05, 4.69) is 24.2 Å². The minimum atomic E-state index is 0.661. The van der Waals surface area contributed by atoms with Gasteiger partial charge in [0.15, 0.2) is 0 Å². The monoisotopic (exact) mass is 140 g/mol. The fourth-order valence-electron chi connectivity index (χ4n) is 2.38. The maximum atomic E-state index is 3.46. The molecule has 1 unspecified atom stereocenters. The van der Waals surface area contributed by atoms with Crippen LogP contribution in [0, 0.1) is 11.3 Å². The third-order valence-corrected chi connectivity index (χ3v) is 3.14. The molecule has 0 aromatic heterocycles. The van der Waals surface area contributed by atoms with Gasteiger partial charge in [-0.1, -0.05) is 6.92 Å². The van der Waals surface area contributed by atoms with Gasteiger partial charge in [-0.25, -0.2) is 0 Å². The first-order valence-electron chi connectivity index (χ1n) is 4.12. The van der Waals surface area contributed by atoms with E-state index in [0.717, 1.165) is 5.92 Å². The number of rotatable bonds is 0. The Morgan fingerprint density at radius 2 is 2.20 bits per heavy atom. The van der Waals surface area contributed by atoms with Gasteiger partial charge in [-0.3, -0.25) is 0 Å². The van der Waals surface area contributed by atoms with Crippen molar-refractivity contribution in [2.45, 2.75) is 6.92 Å². The van der Waals surface area contributed by atoms with Gasteiger partial charge in [0.05, 0.1) is 0 Å². The first-order valence-corrected chi connectivity index (χ1v) is 4.12. The van der Waals surface area contributed by atoms with E-state index in [9.17, 15) is 0 Å². The summed E-state index contributed by atoms with van der Waals surface area (Å²) in [5.74, 6) is 0.892. The van der Waals surface area contributed by atoms with Gasteiger partial charge in [0.25, 0.3) is 0 Å². The van der Waals surface area contributed by atoms with Crippen molar-refractivity contribution in [3.8, 4) is 0 Å². The third-order valence-electron chi connectivity index (χ3n) is 3.14. The van der Waals surface area contributed by atoms with Crippen LogP contribution in [0.15, 0.2) is 0 Å². The zero-order valence-electron chi connectivity index (χ0n) is 6.85. The van der Waals surface area contributed by atoms with E-state index in [1.807, 2.05) is 0 Å². The van der Waals surface area contributed by atoms with Crippen molar-refractivity contribution >= 4 is 0 Å². The Bertz CT molecular complexity index is 138. The first kappa shape index (κ1) is 6.62. The number of nitrogens with zero attached hydrogens (tertiary/aromatic N) is 1. The molecule has 10 heavy (non-hydrogen) atoms. The lowest BCUT2D eigenvalue weighted by Crippen LogP contribution is -2.57. The Hall–Kier alpha value is -0.0800. The van der Waals surface area contributed by atoms with Gasteiger partial charge in [-0.05, 0) is 19.5 Å². The zero-order chi connectivity index (χ0) is 7.19. The minimum Gasteiger partial charge on any atom is -0.316 e. The summed E-state index contributed by atoms with van der Waals surface area (Å²) >= 11 is 0. The van der Waals surface area contributed by atoms with Crippen LogP contribution in [0.1, 0.15) is 6.92 Å². The molecule has 1 N–H and O–H groups in total. The average molecular weight is 140 g/mol. The summed E-state index contributed by atoms with van der Waals surface area (Å²) < 4.78 is 0. The molecule has 1 atom stereocenters. The van der Waals surface area contributed by atoms with Crippen molar-refractivity contribution in [1.29, 1.82) is 0 Å². The van der Waals surface area contributed by atoms with E-state index in [0.29, 0.717) is 5.41 Å². The molecule has 0 aromatic rings. The Kier molecular flexibility index (Phi) is 1.29. The van der Waals surface area contributed by atoms with E-state index in [1.54, 1.807) is 0 Å². The van der Waals surface area contributed by atoms with E-state index < -0.39 is 0 Å². The summed E-state index contributed by atoms with van der Waals surface area (Å²) in [6, 6.07) is 0. The predicted molar refractivity (Wildman–Crippen MR) is 42.0 cm³/mol. The predicted octanol–water partition coefficient (Wildman–Crippen LogP) is 0.157. The summed E-state index contributed by atoms with van der Waals surface area (Å²) in [7, 11) is 2.20. The molecule has 2 aliphatic rings. The highest BCUT2D eigenvalue weighted by molar-refractivity contribution is 5.02. The first-order chi connectivity index (χ1) is 4.73. The number of nitrogens with one attached hydrogen (secondary N) is 1. The number of hydrogen-bond acceptors (Lipinski definition) is 2. The molecule has 2 heterocycles. The van der Waals surface area contributed by atoms with Crippen molar-refractivity contribution in [3.05, 3.63) is 0 Å². The summed E-state index contributed by atoms with van der Waals surface area (Å²) in [6.45, 7) is 7.46. The van der Waals surface area contributed by atoms with Crippen LogP contribution in [0.5, 0.6) is 0 Å². The van der Waals surface area contributed by atoms with Gasteiger partial charge >= 0.3 is 0 Å². The standard InChI is InChI=1S/C8H16N2/c1-7-3-9-4-8(7)5-10(2)6-8/h7,9H,3-6H2,1-2H3. The molecule has 2 rings (SSSR count).